The van der Waals surface area contributed by atoms with Crippen LogP contribution in [0.25, 0.3) is 0 Å². The molecule has 0 saturated heterocycles. The van der Waals surface area contributed by atoms with E-state index < -0.39 is 26.6 Å². The third-order valence-corrected chi connectivity index (χ3v) is 4.25. The Balaban J connectivity index is 3.11. The normalized spacial score (nSPS) is 11.8. The molecule has 1 rings (SSSR count). The quantitative estimate of drug-likeness (QED) is 0.770. The maximum absolute atomic E-state index is 13.5. The molecule has 0 aromatic heterocycles. The summed E-state index contributed by atoms with van der Waals surface area (Å²) in [7, 11) is -4.05. The largest absolute Gasteiger partial charge is 0.326 e. The summed E-state index contributed by atoms with van der Waals surface area (Å²) >= 11 is 1.44. The van der Waals surface area contributed by atoms with Crippen LogP contribution in [0.2, 0.25) is 0 Å². The van der Waals surface area contributed by atoms with Crippen LogP contribution in [-0.2, 0) is 16.6 Å². The molecule has 0 aliphatic rings. The van der Waals surface area contributed by atoms with Crippen molar-refractivity contribution in [2.45, 2.75) is 11.4 Å². The molecule has 0 saturated carbocycles. The van der Waals surface area contributed by atoms with Gasteiger partial charge in [-0.25, -0.2) is 21.9 Å². The zero-order chi connectivity index (χ0) is 13.8. The van der Waals surface area contributed by atoms with Crippen molar-refractivity contribution in [3.05, 3.63) is 29.3 Å². The van der Waals surface area contributed by atoms with E-state index in [-0.39, 0.29) is 18.7 Å². The van der Waals surface area contributed by atoms with Crippen LogP contribution in [0.5, 0.6) is 0 Å². The third-order valence-electron chi connectivity index (χ3n) is 2.18. The van der Waals surface area contributed by atoms with Crippen LogP contribution in [0.4, 0.5) is 8.78 Å². The lowest BCUT2D eigenvalue weighted by Gasteiger charge is -2.09. The summed E-state index contributed by atoms with van der Waals surface area (Å²) in [5, 5.41) is 0. The predicted molar refractivity (Wildman–Crippen MR) is 67.8 cm³/mol. The molecular formula is C10H14F2N2O2S2. The number of hydrogen-bond acceptors (Lipinski definition) is 4. The summed E-state index contributed by atoms with van der Waals surface area (Å²) in [5.41, 5.74) is 5.52. The van der Waals surface area contributed by atoms with E-state index in [1.807, 2.05) is 6.26 Å². The van der Waals surface area contributed by atoms with Crippen molar-refractivity contribution in [1.29, 1.82) is 0 Å². The molecule has 0 fully saturated rings. The Labute approximate surface area is 109 Å². The second kappa shape index (κ2) is 6.46. The molecule has 102 valence electrons. The lowest BCUT2D eigenvalue weighted by molar-refractivity contribution is 0.481. The van der Waals surface area contributed by atoms with Crippen molar-refractivity contribution in [3.63, 3.8) is 0 Å². The van der Waals surface area contributed by atoms with Gasteiger partial charge in [-0.05, 0) is 24.0 Å². The number of halogens is 2. The first-order chi connectivity index (χ1) is 8.42. The molecule has 4 nitrogen and oxygen atoms in total. The van der Waals surface area contributed by atoms with E-state index in [1.54, 1.807) is 0 Å². The number of thioether (sulfide) groups is 1. The van der Waals surface area contributed by atoms with Gasteiger partial charge >= 0.3 is 0 Å². The van der Waals surface area contributed by atoms with Crippen LogP contribution in [0.3, 0.4) is 0 Å². The lowest BCUT2D eigenvalue weighted by atomic mass is 10.2. The summed E-state index contributed by atoms with van der Waals surface area (Å²) in [6, 6.07) is 1.93. The van der Waals surface area contributed by atoms with Gasteiger partial charge in [-0.1, -0.05) is 0 Å². The highest BCUT2D eigenvalue weighted by Gasteiger charge is 2.22. The number of nitrogens with two attached hydrogens (primary N) is 1. The van der Waals surface area contributed by atoms with Gasteiger partial charge in [-0.15, -0.1) is 0 Å². The van der Waals surface area contributed by atoms with Crippen molar-refractivity contribution in [3.8, 4) is 0 Å². The minimum Gasteiger partial charge on any atom is -0.326 e. The molecule has 0 aliphatic carbocycles. The first-order valence-corrected chi connectivity index (χ1v) is 7.96. The van der Waals surface area contributed by atoms with Gasteiger partial charge in [0.05, 0.1) is 0 Å². The fourth-order valence-electron chi connectivity index (χ4n) is 1.29. The summed E-state index contributed by atoms with van der Waals surface area (Å²) in [6.45, 7) is 0.0853. The molecular weight excluding hydrogens is 282 g/mol. The zero-order valence-corrected chi connectivity index (χ0v) is 11.4. The third kappa shape index (κ3) is 3.64. The van der Waals surface area contributed by atoms with Crippen LogP contribution in [-0.4, -0.2) is 27.0 Å². The van der Waals surface area contributed by atoms with Gasteiger partial charge in [0.2, 0.25) is 10.0 Å². The first-order valence-electron chi connectivity index (χ1n) is 5.09. The van der Waals surface area contributed by atoms with Gasteiger partial charge in [0.25, 0.3) is 0 Å². The summed E-state index contributed by atoms with van der Waals surface area (Å²) < 4.78 is 52.5. The molecule has 0 heterocycles. The average molecular weight is 296 g/mol. The molecule has 1 aromatic rings. The molecule has 3 N–H and O–H groups in total. The van der Waals surface area contributed by atoms with Crippen LogP contribution >= 0.6 is 11.8 Å². The maximum atomic E-state index is 13.5. The Kier molecular flexibility index (Phi) is 5.51. The van der Waals surface area contributed by atoms with Gasteiger partial charge in [-0.3, -0.25) is 0 Å². The highest BCUT2D eigenvalue weighted by molar-refractivity contribution is 7.98. The van der Waals surface area contributed by atoms with Gasteiger partial charge < -0.3 is 5.73 Å². The number of rotatable bonds is 6. The monoisotopic (exact) mass is 296 g/mol. The minimum atomic E-state index is -4.05. The van der Waals surface area contributed by atoms with Crippen LogP contribution in [0.15, 0.2) is 17.0 Å². The van der Waals surface area contributed by atoms with Gasteiger partial charge in [0, 0.05) is 18.8 Å². The average Bonchev–Trinajstić information content (AvgIpc) is 2.32. The Hall–Kier alpha value is -0.700. The van der Waals surface area contributed by atoms with E-state index in [2.05, 4.69) is 4.72 Å². The Bertz CT molecular complexity index is 521. The smallest absolute Gasteiger partial charge is 0.243 e. The predicted octanol–water partition coefficient (Wildman–Crippen LogP) is 1.06. The van der Waals surface area contributed by atoms with Crippen molar-refractivity contribution < 1.29 is 17.2 Å². The summed E-state index contributed by atoms with van der Waals surface area (Å²) in [6.07, 6.45) is 1.81. The fourth-order valence-corrected chi connectivity index (χ4v) is 2.89. The number of sulfonamides is 1. The van der Waals surface area contributed by atoms with Crippen LogP contribution in [0.1, 0.15) is 5.56 Å². The fraction of sp³-hybridized carbons (Fsp3) is 0.400. The van der Waals surface area contributed by atoms with Gasteiger partial charge in [0.15, 0.2) is 11.6 Å². The maximum Gasteiger partial charge on any atom is 0.243 e. The van der Waals surface area contributed by atoms with E-state index in [9.17, 15) is 17.2 Å². The minimum absolute atomic E-state index is 0.0649. The molecule has 1 aromatic carbocycles. The van der Waals surface area contributed by atoms with Crippen molar-refractivity contribution in [1.82, 2.24) is 4.72 Å². The summed E-state index contributed by atoms with van der Waals surface area (Å²) in [5.74, 6) is -2.06. The number of benzene rings is 1. The topological polar surface area (TPSA) is 72.2 Å². The molecule has 0 aliphatic heterocycles. The van der Waals surface area contributed by atoms with Gasteiger partial charge in [0.1, 0.15) is 4.90 Å². The molecule has 0 atom stereocenters. The second-order valence-corrected chi connectivity index (χ2v) is 6.21. The first kappa shape index (κ1) is 15.4. The highest BCUT2D eigenvalue weighted by Crippen LogP contribution is 2.19. The van der Waals surface area contributed by atoms with E-state index in [0.717, 1.165) is 12.1 Å². The number of hydrogen-bond donors (Lipinski definition) is 2. The second-order valence-electron chi connectivity index (χ2n) is 3.48. The van der Waals surface area contributed by atoms with E-state index in [0.29, 0.717) is 5.75 Å². The van der Waals surface area contributed by atoms with Crippen molar-refractivity contribution >= 4 is 21.8 Å². The van der Waals surface area contributed by atoms with E-state index in [1.165, 1.54) is 11.8 Å². The van der Waals surface area contributed by atoms with Crippen molar-refractivity contribution in [2.24, 2.45) is 5.73 Å². The highest BCUT2D eigenvalue weighted by atomic mass is 32.2. The number of nitrogens with one attached hydrogen (secondary N) is 1. The standard InChI is InChI=1S/C10H14F2N2O2S2/c1-17-3-2-14-18(15,16)9-5-7(6-13)4-8(11)10(9)12/h4-5,14H,2-3,6,13H2,1H3. The van der Waals surface area contributed by atoms with Gasteiger partial charge in [-0.2, -0.15) is 11.8 Å². The molecule has 0 radical (unpaired) electrons. The zero-order valence-electron chi connectivity index (χ0n) is 9.74. The Morgan fingerprint density at radius 1 is 1.39 bits per heavy atom. The Morgan fingerprint density at radius 2 is 2.06 bits per heavy atom. The molecule has 18 heavy (non-hydrogen) atoms. The lowest BCUT2D eigenvalue weighted by Crippen LogP contribution is -2.27. The van der Waals surface area contributed by atoms with Crippen molar-refractivity contribution in [2.75, 3.05) is 18.6 Å². The SMILES string of the molecule is CSCCNS(=O)(=O)c1cc(CN)cc(F)c1F. The van der Waals surface area contributed by atoms with Crippen LogP contribution in [0, 0.1) is 11.6 Å². The molecule has 0 unspecified atom stereocenters. The molecule has 0 amide bonds. The molecule has 0 bridgehead atoms. The van der Waals surface area contributed by atoms with E-state index in [4.69, 9.17) is 5.73 Å². The summed E-state index contributed by atoms with van der Waals surface area (Å²) in [4.78, 5) is -0.705. The van der Waals surface area contributed by atoms with Crippen LogP contribution < -0.4 is 10.5 Å². The molecule has 8 heteroatoms. The Morgan fingerprint density at radius 3 is 2.61 bits per heavy atom. The van der Waals surface area contributed by atoms with E-state index >= 15 is 0 Å². The molecule has 0 spiro atoms.